The van der Waals surface area contributed by atoms with Gasteiger partial charge in [-0.25, -0.2) is 0 Å². The third-order valence-electron chi connectivity index (χ3n) is 6.15. The number of hydrogen-bond donors (Lipinski definition) is 1. The molecule has 2 aromatic carbocycles. The monoisotopic (exact) mass is 389 g/mol. The lowest BCUT2D eigenvalue weighted by Gasteiger charge is -2.46. The van der Waals surface area contributed by atoms with E-state index in [0.717, 1.165) is 27.7 Å². The summed E-state index contributed by atoms with van der Waals surface area (Å²) in [5.41, 5.74) is 3.99. The highest BCUT2D eigenvalue weighted by Crippen LogP contribution is 2.45. The van der Waals surface area contributed by atoms with Gasteiger partial charge in [-0.1, -0.05) is 24.3 Å². The molecule has 3 aliphatic rings. The van der Waals surface area contributed by atoms with Crippen LogP contribution in [0.3, 0.4) is 0 Å². The number of piperazine rings is 1. The van der Waals surface area contributed by atoms with E-state index in [1.165, 1.54) is 4.90 Å². The lowest BCUT2D eigenvalue weighted by Crippen LogP contribution is -2.62. The number of benzene rings is 2. The van der Waals surface area contributed by atoms with E-state index in [0.29, 0.717) is 17.9 Å². The van der Waals surface area contributed by atoms with E-state index in [9.17, 15) is 9.59 Å². The average molecular weight is 389 g/mol. The minimum atomic E-state index is -0.516. The number of fused-ring (bicyclic) bond motifs is 5. The van der Waals surface area contributed by atoms with Crippen LogP contribution in [0.15, 0.2) is 42.5 Å². The SMILES string of the molecule is CN1CC(=O)N2[C@@H](c3ccc4c(c3)OCO4)c3c([nH]c4ccccc34)C[C@@H]2C1=O. The number of carbonyl (C=O) groups is 2. The molecule has 2 atom stereocenters. The Kier molecular flexibility index (Phi) is 3.27. The van der Waals surface area contributed by atoms with Crippen LogP contribution in [0.2, 0.25) is 0 Å². The Bertz CT molecular complexity index is 1180. The van der Waals surface area contributed by atoms with E-state index in [-0.39, 0.29) is 31.2 Å². The number of para-hydroxylation sites is 1. The minimum absolute atomic E-state index is 0.0281. The summed E-state index contributed by atoms with van der Waals surface area (Å²) in [6.07, 6.45) is 0.486. The number of nitrogens with one attached hydrogen (secondary N) is 1. The molecule has 1 N–H and O–H groups in total. The topological polar surface area (TPSA) is 74.9 Å². The lowest BCUT2D eigenvalue weighted by molar-refractivity contribution is -0.157. The Morgan fingerprint density at radius 1 is 1.07 bits per heavy atom. The third kappa shape index (κ3) is 2.24. The summed E-state index contributed by atoms with van der Waals surface area (Å²) in [4.78, 5) is 32.9. The molecule has 7 heteroatoms. The fourth-order valence-electron chi connectivity index (χ4n) is 4.85. The van der Waals surface area contributed by atoms with E-state index in [2.05, 4.69) is 11.1 Å². The van der Waals surface area contributed by atoms with E-state index >= 15 is 0 Å². The summed E-state index contributed by atoms with van der Waals surface area (Å²) in [6, 6.07) is 13.0. The minimum Gasteiger partial charge on any atom is -0.454 e. The fourth-order valence-corrected chi connectivity index (χ4v) is 4.85. The van der Waals surface area contributed by atoms with Crippen LogP contribution < -0.4 is 9.47 Å². The van der Waals surface area contributed by atoms with E-state index in [1.54, 1.807) is 11.9 Å². The molecule has 3 aromatic rings. The molecule has 146 valence electrons. The van der Waals surface area contributed by atoms with Gasteiger partial charge in [-0.05, 0) is 23.8 Å². The molecule has 0 aliphatic carbocycles. The second-order valence-electron chi connectivity index (χ2n) is 7.79. The molecule has 1 aromatic heterocycles. The van der Waals surface area contributed by atoms with Crippen molar-refractivity contribution in [1.82, 2.24) is 14.8 Å². The first-order chi connectivity index (χ1) is 14.1. The van der Waals surface area contributed by atoms with Gasteiger partial charge in [0, 0.05) is 35.6 Å². The van der Waals surface area contributed by atoms with Crippen LogP contribution in [0.4, 0.5) is 0 Å². The number of carbonyl (C=O) groups excluding carboxylic acids is 2. The molecule has 29 heavy (non-hydrogen) atoms. The molecule has 7 nitrogen and oxygen atoms in total. The predicted molar refractivity (Wildman–Crippen MR) is 105 cm³/mol. The van der Waals surface area contributed by atoms with Gasteiger partial charge in [0.1, 0.15) is 6.04 Å². The van der Waals surface area contributed by atoms with Crippen LogP contribution in [0.1, 0.15) is 22.9 Å². The highest BCUT2D eigenvalue weighted by Gasteiger charge is 2.47. The first kappa shape index (κ1) is 16.5. The molecule has 4 heterocycles. The van der Waals surface area contributed by atoms with Crippen LogP contribution in [0.25, 0.3) is 10.9 Å². The fraction of sp³-hybridized carbons (Fsp3) is 0.273. The Morgan fingerprint density at radius 3 is 2.79 bits per heavy atom. The van der Waals surface area contributed by atoms with Crippen LogP contribution in [0.5, 0.6) is 11.5 Å². The lowest BCUT2D eigenvalue weighted by atomic mass is 9.85. The van der Waals surface area contributed by atoms with E-state index < -0.39 is 6.04 Å². The van der Waals surface area contributed by atoms with Crippen molar-refractivity contribution in [3.05, 3.63) is 59.3 Å². The number of aromatic amines is 1. The molecule has 0 unspecified atom stereocenters. The predicted octanol–water partition coefficient (Wildman–Crippen LogP) is 2.21. The number of H-pyrrole nitrogens is 1. The Labute approximate surface area is 166 Å². The number of hydrogen-bond acceptors (Lipinski definition) is 4. The first-order valence-corrected chi connectivity index (χ1v) is 9.67. The standard InChI is InChI=1S/C22H19N3O4/c1-24-10-19(26)25-16(22(24)27)9-15-20(13-4-2-3-5-14(13)23-15)21(25)12-6-7-17-18(8-12)29-11-28-17/h2-8,16,21,23H,9-11H2,1H3/t16-,21+/m1/s1. The summed E-state index contributed by atoms with van der Waals surface area (Å²) in [6.45, 7) is 0.282. The highest BCUT2D eigenvalue weighted by atomic mass is 16.7. The largest absolute Gasteiger partial charge is 0.454 e. The highest BCUT2D eigenvalue weighted by molar-refractivity contribution is 5.97. The van der Waals surface area contributed by atoms with Crippen molar-refractivity contribution in [1.29, 1.82) is 0 Å². The first-order valence-electron chi connectivity index (χ1n) is 9.67. The maximum absolute atomic E-state index is 13.1. The zero-order valence-corrected chi connectivity index (χ0v) is 15.8. The summed E-state index contributed by atoms with van der Waals surface area (Å²) >= 11 is 0. The average Bonchev–Trinajstić information content (AvgIpc) is 3.34. The second kappa shape index (κ2) is 5.76. The van der Waals surface area contributed by atoms with Crippen LogP contribution in [-0.2, 0) is 16.0 Å². The van der Waals surface area contributed by atoms with Gasteiger partial charge < -0.3 is 24.3 Å². The number of ether oxygens (including phenoxy) is 2. The summed E-state index contributed by atoms with van der Waals surface area (Å²) < 4.78 is 11.0. The van der Waals surface area contributed by atoms with E-state index in [1.807, 2.05) is 36.4 Å². The van der Waals surface area contributed by atoms with Gasteiger partial charge in [-0.3, -0.25) is 9.59 Å². The van der Waals surface area contributed by atoms with Crippen molar-refractivity contribution < 1.29 is 19.1 Å². The van der Waals surface area contributed by atoms with Gasteiger partial charge in [-0.15, -0.1) is 0 Å². The number of rotatable bonds is 1. The number of nitrogens with zero attached hydrogens (tertiary/aromatic N) is 2. The second-order valence-corrected chi connectivity index (χ2v) is 7.79. The summed E-state index contributed by atoms with van der Waals surface area (Å²) in [5.74, 6) is 1.29. The van der Waals surface area contributed by atoms with Crippen molar-refractivity contribution >= 4 is 22.7 Å². The molecule has 0 bridgehead atoms. The molecule has 3 aliphatic heterocycles. The van der Waals surface area contributed by atoms with Crippen LogP contribution in [-0.4, -0.2) is 53.0 Å². The van der Waals surface area contributed by atoms with Crippen molar-refractivity contribution in [2.45, 2.75) is 18.5 Å². The number of aromatic nitrogens is 1. The number of likely N-dealkylation sites (N-methyl/N-ethyl adjacent to an activating group) is 1. The maximum atomic E-state index is 13.1. The Balaban J connectivity index is 1.60. The molecule has 0 radical (unpaired) electrons. The van der Waals surface area contributed by atoms with Gasteiger partial charge in [-0.2, -0.15) is 0 Å². The van der Waals surface area contributed by atoms with Gasteiger partial charge in [0.25, 0.3) is 0 Å². The van der Waals surface area contributed by atoms with Crippen molar-refractivity contribution in [3.8, 4) is 11.5 Å². The molecule has 1 saturated heterocycles. The Hall–Kier alpha value is -3.48. The van der Waals surface area contributed by atoms with Gasteiger partial charge >= 0.3 is 0 Å². The van der Waals surface area contributed by atoms with Crippen LogP contribution in [0, 0.1) is 0 Å². The molecule has 2 amide bonds. The summed E-state index contributed by atoms with van der Waals surface area (Å²) in [7, 11) is 1.69. The Morgan fingerprint density at radius 2 is 1.90 bits per heavy atom. The maximum Gasteiger partial charge on any atom is 0.246 e. The molecule has 0 saturated carbocycles. The van der Waals surface area contributed by atoms with Gasteiger partial charge in [0.05, 0.1) is 12.6 Å². The van der Waals surface area contributed by atoms with Gasteiger partial charge in [0.15, 0.2) is 11.5 Å². The molecule has 6 rings (SSSR count). The number of amides is 2. The van der Waals surface area contributed by atoms with Crippen molar-refractivity contribution in [2.24, 2.45) is 0 Å². The van der Waals surface area contributed by atoms with Crippen molar-refractivity contribution in [3.63, 3.8) is 0 Å². The van der Waals surface area contributed by atoms with Gasteiger partial charge in [0.2, 0.25) is 18.6 Å². The molecule has 1 fully saturated rings. The normalized spacial score (nSPS) is 22.8. The zero-order chi connectivity index (χ0) is 19.7. The molecule has 0 spiro atoms. The zero-order valence-electron chi connectivity index (χ0n) is 15.8. The van der Waals surface area contributed by atoms with Crippen LogP contribution >= 0.6 is 0 Å². The smallest absolute Gasteiger partial charge is 0.246 e. The summed E-state index contributed by atoms with van der Waals surface area (Å²) in [5, 5.41) is 1.07. The molecular formula is C22H19N3O4. The van der Waals surface area contributed by atoms with E-state index in [4.69, 9.17) is 9.47 Å². The third-order valence-corrected chi connectivity index (χ3v) is 6.15. The quantitative estimate of drug-likeness (QED) is 0.693. The van der Waals surface area contributed by atoms with Crippen molar-refractivity contribution in [2.75, 3.05) is 20.4 Å². The molecular weight excluding hydrogens is 370 g/mol.